The predicted octanol–water partition coefficient (Wildman–Crippen LogP) is 2.17. The Balaban J connectivity index is 1.24. The zero-order valence-corrected chi connectivity index (χ0v) is 15.6. The normalized spacial score (nSPS) is 17.7. The fourth-order valence-corrected chi connectivity index (χ4v) is 4.06. The van der Waals surface area contributed by atoms with E-state index in [4.69, 9.17) is 0 Å². The highest BCUT2D eigenvalue weighted by Gasteiger charge is 2.22. The summed E-state index contributed by atoms with van der Waals surface area (Å²) in [5, 5.41) is 13.3. The number of rotatable bonds is 4. The summed E-state index contributed by atoms with van der Waals surface area (Å²) in [5.41, 5.74) is 5.28. The molecule has 0 saturated heterocycles. The third kappa shape index (κ3) is 4.31. The maximum atomic E-state index is 12.5. The topological polar surface area (TPSA) is 55.8 Å². The maximum Gasteiger partial charge on any atom is 0.317 e. The number of carbonyl (C=O) groups excluding carboxylic acids is 1. The van der Waals surface area contributed by atoms with E-state index in [-0.39, 0.29) is 12.6 Å². The van der Waals surface area contributed by atoms with Crippen LogP contribution in [0.3, 0.4) is 0 Å². The van der Waals surface area contributed by atoms with Crippen molar-refractivity contribution in [2.75, 3.05) is 26.2 Å². The van der Waals surface area contributed by atoms with Crippen LogP contribution in [-0.4, -0.2) is 53.2 Å². The van der Waals surface area contributed by atoms with Crippen LogP contribution in [0.4, 0.5) is 4.79 Å². The minimum absolute atomic E-state index is 0.0902. The van der Waals surface area contributed by atoms with Gasteiger partial charge in [0.25, 0.3) is 0 Å². The highest BCUT2D eigenvalue weighted by atomic mass is 16.3. The van der Waals surface area contributed by atoms with Crippen LogP contribution in [0.1, 0.15) is 22.3 Å². The van der Waals surface area contributed by atoms with Gasteiger partial charge >= 0.3 is 6.03 Å². The van der Waals surface area contributed by atoms with Crippen LogP contribution in [0.15, 0.2) is 48.5 Å². The van der Waals surface area contributed by atoms with Crippen molar-refractivity contribution < 1.29 is 9.90 Å². The molecule has 0 spiro atoms. The molecule has 5 nitrogen and oxygen atoms in total. The summed E-state index contributed by atoms with van der Waals surface area (Å²) in [6.07, 6.45) is 1.35. The van der Waals surface area contributed by atoms with E-state index in [1.165, 1.54) is 22.3 Å². The van der Waals surface area contributed by atoms with Gasteiger partial charge in [-0.05, 0) is 35.1 Å². The first-order chi connectivity index (χ1) is 13.2. The zero-order valence-electron chi connectivity index (χ0n) is 15.6. The molecule has 0 aromatic heterocycles. The van der Waals surface area contributed by atoms with Crippen LogP contribution in [0.2, 0.25) is 0 Å². The summed E-state index contributed by atoms with van der Waals surface area (Å²) in [6.45, 7) is 4.05. The number of aliphatic hydroxyl groups excluding tert-OH is 1. The van der Waals surface area contributed by atoms with Crippen molar-refractivity contribution in [1.82, 2.24) is 15.1 Å². The first-order valence-corrected chi connectivity index (χ1v) is 9.76. The summed E-state index contributed by atoms with van der Waals surface area (Å²) in [7, 11) is 0. The molecule has 2 aromatic carbocycles. The van der Waals surface area contributed by atoms with E-state index in [0.717, 1.165) is 32.5 Å². The molecule has 0 aliphatic carbocycles. The Bertz CT molecular complexity index is 808. The monoisotopic (exact) mass is 365 g/mol. The molecule has 2 heterocycles. The second-order valence-electron chi connectivity index (χ2n) is 7.53. The number of amides is 2. The Kier molecular flexibility index (Phi) is 5.41. The van der Waals surface area contributed by atoms with Crippen molar-refractivity contribution in [3.05, 3.63) is 70.8 Å². The molecule has 1 unspecified atom stereocenters. The Morgan fingerprint density at radius 1 is 0.926 bits per heavy atom. The number of benzene rings is 2. The van der Waals surface area contributed by atoms with Crippen molar-refractivity contribution in [3.8, 4) is 0 Å². The SMILES string of the molecule is O=C(NCC(O)CN1CCc2ccccc2C1)N1CCc2ccccc2C1. The molecule has 5 heteroatoms. The molecule has 142 valence electrons. The Hall–Kier alpha value is -2.37. The molecule has 2 aliphatic rings. The maximum absolute atomic E-state index is 12.5. The van der Waals surface area contributed by atoms with Gasteiger partial charge in [-0.3, -0.25) is 4.90 Å². The predicted molar refractivity (Wildman–Crippen MR) is 105 cm³/mol. The first-order valence-electron chi connectivity index (χ1n) is 9.76. The molecule has 0 saturated carbocycles. The highest BCUT2D eigenvalue weighted by molar-refractivity contribution is 5.74. The summed E-state index contributed by atoms with van der Waals surface area (Å²) in [4.78, 5) is 16.5. The number of hydrogen-bond acceptors (Lipinski definition) is 3. The summed E-state index contributed by atoms with van der Waals surface area (Å²) >= 11 is 0. The third-order valence-electron chi connectivity index (χ3n) is 5.59. The largest absolute Gasteiger partial charge is 0.390 e. The number of fused-ring (bicyclic) bond motifs is 2. The summed E-state index contributed by atoms with van der Waals surface area (Å²) in [5.74, 6) is 0. The van der Waals surface area contributed by atoms with Crippen LogP contribution in [0.25, 0.3) is 0 Å². The van der Waals surface area contributed by atoms with Gasteiger partial charge in [-0.2, -0.15) is 0 Å². The van der Waals surface area contributed by atoms with E-state index in [0.29, 0.717) is 13.1 Å². The number of β-amino-alcohol motifs (C(OH)–C–C–N with tert-alkyl or cyclic N) is 1. The fourth-order valence-electron chi connectivity index (χ4n) is 4.06. The van der Waals surface area contributed by atoms with Crippen molar-refractivity contribution in [3.63, 3.8) is 0 Å². The lowest BCUT2D eigenvalue weighted by Crippen LogP contribution is -2.47. The Morgan fingerprint density at radius 3 is 2.22 bits per heavy atom. The standard InChI is InChI=1S/C22H27N3O2/c26-21(16-24-11-9-17-5-1-3-7-19(17)14-24)13-23-22(27)25-12-10-18-6-2-4-8-20(18)15-25/h1-8,21,26H,9-16H2,(H,23,27). The van der Waals surface area contributed by atoms with E-state index >= 15 is 0 Å². The molecule has 2 aliphatic heterocycles. The van der Waals surface area contributed by atoms with Crippen molar-refractivity contribution in [2.24, 2.45) is 0 Å². The van der Waals surface area contributed by atoms with Gasteiger partial charge in [0.05, 0.1) is 6.10 Å². The first kappa shape index (κ1) is 18.0. The van der Waals surface area contributed by atoms with E-state index in [1.807, 2.05) is 17.0 Å². The summed E-state index contributed by atoms with van der Waals surface area (Å²) < 4.78 is 0. The number of carbonyl (C=O) groups is 1. The number of nitrogens with zero attached hydrogens (tertiary/aromatic N) is 2. The minimum atomic E-state index is -0.559. The smallest absolute Gasteiger partial charge is 0.317 e. The third-order valence-corrected chi connectivity index (χ3v) is 5.59. The van der Waals surface area contributed by atoms with E-state index in [9.17, 15) is 9.90 Å². The molecule has 0 fully saturated rings. The quantitative estimate of drug-likeness (QED) is 0.873. The molecular formula is C22H27N3O2. The molecule has 1 atom stereocenters. The molecule has 2 amide bonds. The molecule has 0 radical (unpaired) electrons. The van der Waals surface area contributed by atoms with Gasteiger partial charge in [-0.1, -0.05) is 48.5 Å². The molecular weight excluding hydrogens is 338 g/mol. The van der Waals surface area contributed by atoms with Gasteiger partial charge in [-0.15, -0.1) is 0 Å². The van der Waals surface area contributed by atoms with Crippen LogP contribution in [-0.2, 0) is 25.9 Å². The number of hydrogen-bond donors (Lipinski definition) is 2. The van der Waals surface area contributed by atoms with Crippen molar-refractivity contribution in [2.45, 2.75) is 32.0 Å². The minimum Gasteiger partial charge on any atom is -0.390 e. The van der Waals surface area contributed by atoms with Gasteiger partial charge in [0, 0.05) is 39.3 Å². The van der Waals surface area contributed by atoms with Gasteiger partial charge in [0.15, 0.2) is 0 Å². The average molecular weight is 365 g/mol. The lowest BCUT2D eigenvalue weighted by atomic mass is 10.00. The molecule has 27 heavy (non-hydrogen) atoms. The van der Waals surface area contributed by atoms with Gasteiger partial charge in [0.2, 0.25) is 0 Å². The molecule has 4 rings (SSSR count). The zero-order chi connectivity index (χ0) is 18.6. The van der Waals surface area contributed by atoms with E-state index in [2.05, 4.69) is 46.6 Å². The molecule has 2 N–H and O–H groups in total. The average Bonchev–Trinajstić information content (AvgIpc) is 2.71. The number of nitrogens with one attached hydrogen (secondary N) is 1. The second-order valence-corrected chi connectivity index (χ2v) is 7.53. The number of urea groups is 1. The summed E-state index contributed by atoms with van der Waals surface area (Å²) in [6, 6.07) is 16.7. The van der Waals surface area contributed by atoms with Gasteiger partial charge in [-0.25, -0.2) is 4.79 Å². The van der Waals surface area contributed by atoms with Crippen LogP contribution < -0.4 is 5.32 Å². The van der Waals surface area contributed by atoms with Crippen LogP contribution >= 0.6 is 0 Å². The Labute approximate surface area is 160 Å². The Morgan fingerprint density at radius 2 is 1.52 bits per heavy atom. The van der Waals surface area contributed by atoms with Crippen LogP contribution in [0.5, 0.6) is 0 Å². The fraction of sp³-hybridized carbons (Fsp3) is 0.409. The van der Waals surface area contributed by atoms with E-state index < -0.39 is 6.10 Å². The molecule has 0 bridgehead atoms. The van der Waals surface area contributed by atoms with Crippen molar-refractivity contribution in [1.29, 1.82) is 0 Å². The lowest BCUT2D eigenvalue weighted by molar-refractivity contribution is 0.103. The van der Waals surface area contributed by atoms with Crippen molar-refractivity contribution >= 4 is 6.03 Å². The highest BCUT2D eigenvalue weighted by Crippen LogP contribution is 2.19. The molecule has 2 aromatic rings. The number of aliphatic hydroxyl groups is 1. The van der Waals surface area contributed by atoms with E-state index in [1.54, 1.807) is 0 Å². The van der Waals surface area contributed by atoms with Crippen LogP contribution in [0, 0.1) is 0 Å². The van der Waals surface area contributed by atoms with Gasteiger partial charge < -0.3 is 15.3 Å². The second kappa shape index (κ2) is 8.11. The lowest BCUT2D eigenvalue weighted by Gasteiger charge is -2.31. The van der Waals surface area contributed by atoms with Gasteiger partial charge in [0.1, 0.15) is 0 Å².